The first-order chi connectivity index (χ1) is 20.2. The third-order valence-corrected chi connectivity index (χ3v) is 6.78. The van der Waals surface area contributed by atoms with Gasteiger partial charge in [0.2, 0.25) is 0 Å². The molecule has 0 fully saturated rings. The number of benzene rings is 3. The first-order valence-corrected chi connectivity index (χ1v) is 13.9. The number of nitriles is 1. The molecular weight excluding hydrogens is 547 g/mol. The second kappa shape index (κ2) is 14.6. The molecule has 2 N–H and O–H groups in total. The van der Waals surface area contributed by atoms with Crippen molar-refractivity contribution in [2.24, 2.45) is 0 Å². The summed E-state index contributed by atoms with van der Waals surface area (Å²) < 4.78 is 54.9. The second-order valence-electron chi connectivity index (χ2n) is 10.2. The van der Waals surface area contributed by atoms with Crippen LogP contribution in [0.2, 0.25) is 0 Å². The first-order valence-electron chi connectivity index (χ1n) is 13.9. The summed E-state index contributed by atoms with van der Waals surface area (Å²) in [7, 11) is 0. The fourth-order valence-corrected chi connectivity index (χ4v) is 4.80. The van der Waals surface area contributed by atoms with Crippen LogP contribution in [0.3, 0.4) is 0 Å². The van der Waals surface area contributed by atoms with Gasteiger partial charge in [-0.2, -0.15) is 18.4 Å². The number of fused-ring (bicyclic) bond motifs is 1. The number of nitrogens with zero attached hydrogens (tertiary/aromatic N) is 1. The van der Waals surface area contributed by atoms with Gasteiger partial charge in [0.1, 0.15) is 12.2 Å². The van der Waals surface area contributed by atoms with Crippen molar-refractivity contribution in [2.45, 2.75) is 50.9 Å². The van der Waals surface area contributed by atoms with E-state index in [1.54, 1.807) is 42.5 Å². The zero-order valence-electron chi connectivity index (χ0n) is 23.4. The fourth-order valence-electron chi connectivity index (χ4n) is 4.80. The van der Waals surface area contributed by atoms with Gasteiger partial charge in [0.05, 0.1) is 23.4 Å². The molecule has 0 aromatic heterocycles. The molecule has 0 bridgehead atoms. The summed E-state index contributed by atoms with van der Waals surface area (Å²) in [5.74, 6) is -0.224. The number of carbonyl (C=O) groups excluding carboxylic acids is 1. The van der Waals surface area contributed by atoms with Crippen LogP contribution < -0.4 is 20.1 Å². The van der Waals surface area contributed by atoms with Crippen molar-refractivity contribution in [1.29, 1.82) is 5.26 Å². The molecule has 1 aliphatic rings. The van der Waals surface area contributed by atoms with E-state index >= 15 is 0 Å². The van der Waals surface area contributed by atoms with Gasteiger partial charge in [-0.25, -0.2) is 4.79 Å². The Bertz CT molecular complexity index is 1380. The van der Waals surface area contributed by atoms with Gasteiger partial charge in [-0.3, -0.25) is 0 Å². The van der Waals surface area contributed by atoms with Gasteiger partial charge >= 0.3 is 12.1 Å². The molecule has 1 unspecified atom stereocenters. The van der Waals surface area contributed by atoms with E-state index in [9.17, 15) is 23.2 Å². The minimum atomic E-state index is -4.48. The van der Waals surface area contributed by atoms with Gasteiger partial charge < -0.3 is 24.8 Å². The standard InChI is InChI=1S/C32H34F3N3O4/c1-22(16-23-17-25-13-14-37-30(25)26(18-23)19-36)38-20-27(10-7-15-40-31(39)24-8-3-2-4-9-24)42-29-12-6-5-11-28(29)41-21-32(33,34)35/h2-6,8-9,11-12,17-18,22,27,37-38H,7,10,13-16,20-21H2,1H3/t22-,27?/m1/s1. The summed E-state index contributed by atoms with van der Waals surface area (Å²) >= 11 is 0. The predicted octanol–water partition coefficient (Wildman–Crippen LogP) is 6.07. The number of halogens is 3. The average molecular weight is 582 g/mol. The van der Waals surface area contributed by atoms with Crippen molar-refractivity contribution in [3.63, 3.8) is 0 Å². The second-order valence-corrected chi connectivity index (χ2v) is 10.2. The molecule has 0 spiro atoms. The monoisotopic (exact) mass is 581 g/mol. The van der Waals surface area contributed by atoms with E-state index in [2.05, 4.69) is 22.8 Å². The van der Waals surface area contributed by atoms with Crippen LogP contribution in [0.25, 0.3) is 0 Å². The number of alkyl halides is 3. The Labute approximate surface area is 243 Å². The van der Waals surface area contributed by atoms with E-state index in [-0.39, 0.29) is 24.1 Å². The van der Waals surface area contributed by atoms with Crippen LogP contribution in [-0.4, -0.2) is 50.6 Å². The Balaban J connectivity index is 1.38. The molecule has 0 radical (unpaired) electrons. The lowest BCUT2D eigenvalue weighted by Gasteiger charge is -2.24. The minimum absolute atomic E-state index is 0.000776. The molecular formula is C32H34F3N3O4. The molecule has 7 nitrogen and oxygen atoms in total. The highest BCUT2D eigenvalue weighted by Crippen LogP contribution is 2.30. The van der Waals surface area contributed by atoms with Crippen molar-refractivity contribution in [3.8, 4) is 17.6 Å². The Morgan fingerprint density at radius 2 is 1.83 bits per heavy atom. The molecule has 0 amide bonds. The molecule has 2 atom stereocenters. The molecule has 0 saturated carbocycles. The van der Waals surface area contributed by atoms with Crippen LogP contribution in [0.5, 0.6) is 11.5 Å². The highest BCUT2D eigenvalue weighted by Gasteiger charge is 2.29. The summed E-state index contributed by atoms with van der Waals surface area (Å²) in [6.07, 6.45) is -2.43. The van der Waals surface area contributed by atoms with Crippen LogP contribution in [0, 0.1) is 11.3 Å². The molecule has 222 valence electrons. The lowest BCUT2D eigenvalue weighted by molar-refractivity contribution is -0.153. The quantitative estimate of drug-likeness (QED) is 0.176. The van der Waals surface area contributed by atoms with E-state index in [1.807, 2.05) is 19.1 Å². The van der Waals surface area contributed by atoms with Crippen molar-refractivity contribution >= 4 is 11.7 Å². The normalized spacial score (nSPS) is 13.8. The number of rotatable bonds is 14. The molecule has 3 aromatic carbocycles. The molecule has 1 aliphatic heterocycles. The molecule has 3 aromatic rings. The zero-order chi connectivity index (χ0) is 30.0. The van der Waals surface area contributed by atoms with Gasteiger partial charge in [0.15, 0.2) is 18.1 Å². The maximum atomic E-state index is 12.8. The number of esters is 1. The van der Waals surface area contributed by atoms with E-state index in [0.29, 0.717) is 36.9 Å². The van der Waals surface area contributed by atoms with Gasteiger partial charge in [0, 0.05) is 19.1 Å². The minimum Gasteiger partial charge on any atom is -0.485 e. The Hall–Kier alpha value is -4.23. The third-order valence-electron chi connectivity index (χ3n) is 6.78. The predicted molar refractivity (Wildman–Crippen MR) is 153 cm³/mol. The van der Waals surface area contributed by atoms with Crippen LogP contribution in [0.1, 0.15) is 46.8 Å². The SMILES string of the molecule is C[C@H](Cc1cc(C#N)c2c(c1)CCN2)NCC(CCCOC(=O)c1ccccc1)Oc1ccccc1OCC(F)(F)F. The number of para-hydroxylation sites is 2. The number of hydrogen-bond donors (Lipinski definition) is 2. The topological polar surface area (TPSA) is 92.6 Å². The Kier molecular flexibility index (Phi) is 10.7. The van der Waals surface area contributed by atoms with E-state index in [4.69, 9.17) is 14.2 Å². The summed E-state index contributed by atoms with van der Waals surface area (Å²) in [6, 6.07) is 21.2. The maximum Gasteiger partial charge on any atom is 0.422 e. The van der Waals surface area contributed by atoms with Gasteiger partial charge in [-0.15, -0.1) is 0 Å². The van der Waals surface area contributed by atoms with E-state index < -0.39 is 24.9 Å². The van der Waals surface area contributed by atoms with E-state index in [1.165, 1.54) is 6.07 Å². The fraction of sp³-hybridized carbons (Fsp3) is 0.375. The van der Waals surface area contributed by atoms with Gasteiger partial charge in [0.25, 0.3) is 0 Å². The number of carbonyl (C=O) groups is 1. The maximum absolute atomic E-state index is 12.8. The molecule has 0 aliphatic carbocycles. The number of hydrogen-bond acceptors (Lipinski definition) is 7. The average Bonchev–Trinajstić information content (AvgIpc) is 3.45. The number of anilines is 1. The van der Waals surface area contributed by atoms with Crippen molar-refractivity contribution in [1.82, 2.24) is 5.32 Å². The zero-order valence-corrected chi connectivity index (χ0v) is 23.4. The summed E-state index contributed by atoms with van der Waals surface area (Å²) in [4.78, 5) is 12.3. The highest BCUT2D eigenvalue weighted by molar-refractivity contribution is 5.89. The molecule has 0 saturated heterocycles. The van der Waals surface area contributed by atoms with Crippen molar-refractivity contribution < 1.29 is 32.2 Å². The molecule has 1 heterocycles. The van der Waals surface area contributed by atoms with Crippen LogP contribution in [0.15, 0.2) is 66.7 Å². The lowest BCUT2D eigenvalue weighted by Crippen LogP contribution is -2.38. The molecule has 4 rings (SSSR count). The first kappa shape index (κ1) is 30.7. The highest BCUT2D eigenvalue weighted by atomic mass is 19.4. The molecule has 10 heteroatoms. The van der Waals surface area contributed by atoms with Crippen LogP contribution in [0.4, 0.5) is 18.9 Å². The Morgan fingerprint density at radius 1 is 1.10 bits per heavy atom. The molecule has 42 heavy (non-hydrogen) atoms. The largest absolute Gasteiger partial charge is 0.485 e. The van der Waals surface area contributed by atoms with Crippen molar-refractivity contribution in [2.75, 3.05) is 31.6 Å². The van der Waals surface area contributed by atoms with Crippen molar-refractivity contribution in [3.05, 3.63) is 89.0 Å². The van der Waals surface area contributed by atoms with Crippen LogP contribution >= 0.6 is 0 Å². The summed E-state index contributed by atoms with van der Waals surface area (Å²) in [5.41, 5.74) is 4.19. The third kappa shape index (κ3) is 9.14. The lowest BCUT2D eigenvalue weighted by atomic mass is 9.99. The van der Waals surface area contributed by atoms with E-state index in [0.717, 1.165) is 29.8 Å². The number of ether oxygens (including phenoxy) is 3. The smallest absolute Gasteiger partial charge is 0.422 e. The number of nitrogens with one attached hydrogen (secondary N) is 2. The Morgan fingerprint density at radius 3 is 2.57 bits per heavy atom. The van der Waals surface area contributed by atoms with Gasteiger partial charge in [-0.1, -0.05) is 36.4 Å². The van der Waals surface area contributed by atoms with Crippen LogP contribution in [-0.2, 0) is 17.6 Å². The van der Waals surface area contributed by atoms with Gasteiger partial charge in [-0.05, 0) is 74.1 Å². The summed E-state index contributed by atoms with van der Waals surface area (Å²) in [5, 5.41) is 16.3. The summed E-state index contributed by atoms with van der Waals surface area (Å²) in [6.45, 7) is 1.96.